The van der Waals surface area contributed by atoms with Crippen LogP contribution in [0.4, 0.5) is 0 Å². The Bertz CT molecular complexity index is 766. The first-order valence-corrected chi connectivity index (χ1v) is 8.74. The molecule has 2 aromatic rings. The molecular formula is C16H18ClN3O4S. The van der Waals surface area contributed by atoms with Gasteiger partial charge in [0.2, 0.25) is 5.91 Å². The van der Waals surface area contributed by atoms with Crippen LogP contribution in [0.3, 0.4) is 0 Å². The maximum Gasteiger partial charge on any atom is 0.334 e. The fourth-order valence-corrected chi connectivity index (χ4v) is 3.06. The molecule has 9 heteroatoms. The van der Waals surface area contributed by atoms with Gasteiger partial charge in [-0.05, 0) is 24.6 Å². The van der Waals surface area contributed by atoms with Crippen molar-refractivity contribution in [3.8, 4) is 5.69 Å². The molecule has 0 saturated carbocycles. The van der Waals surface area contributed by atoms with Crippen molar-refractivity contribution < 1.29 is 19.4 Å². The summed E-state index contributed by atoms with van der Waals surface area (Å²) < 4.78 is 6.62. The molecule has 1 heterocycles. The number of nitrogens with zero attached hydrogens (tertiary/aromatic N) is 2. The highest BCUT2D eigenvalue weighted by Gasteiger charge is 2.17. The number of ether oxygens (including phenoxy) is 1. The molecule has 1 unspecified atom stereocenters. The van der Waals surface area contributed by atoms with Gasteiger partial charge in [0.1, 0.15) is 0 Å². The van der Waals surface area contributed by atoms with Crippen molar-refractivity contribution in [1.29, 1.82) is 0 Å². The molecule has 0 saturated heterocycles. The molecule has 25 heavy (non-hydrogen) atoms. The van der Waals surface area contributed by atoms with E-state index in [1.165, 1.54) is 18.9 Å². The molecule has 0 fully saturated rings. The second-order valence-corrected chi connectivity index (χ2v) is 6.47. The number of hydrogen-bond acceptors (Lipinski definition) is 5. The largest absolute Gasteiger partial charge is 0.479 e. The van der Waals surface area contributed by atoms with Gasteiger partial charge in [-0.1, -0.05) is 29.4 Å². The Morgan fingerprint density at radius 1 is 1.48 bits per heavy atom. The number of thioether (sulfide) groups is 1. The first-order valence-electron chi connectivity index (χ1n) is 7.38. The first kappa shape index (κ1) is 19.3. The van der Waals surface area contributed by atoms with E-state index in [2.05, 4.69) is 10.3 Å². The van der Waals surface area contributed by atoms with E-state index in [0.717, 1.165) is 11.3 Å². The monoisotopic (exact) mass is 383 g/mol. The third kappa shape index (κ3) is 4.97. The van der Waals surface area contributed by atoms with E-state index in [9.17, 15) is 9.59 Å². The fourth-order valence-electron chi connectivity index (χ4n) is 2.10. The van der Waals surface area contributed by atoms with Gasteiger partial charge >= 0.3 is 5.97 Å². The van der Waals surface area contributed by atoms with Gasteiger partial charge in [-0.2, -0.15) is 0 Å². The van der Waals surface area contributed by atoms with Gasteiger partial charge in [-0.15, -0.1) is 0 Å². The standard InChI is InChI=1S/C16H18ClN3O4S/c1-10-11(17)4-3-5-12(10)20-7-6-18-16(20)25-9-14(21)19-8-13(24-2)15(22)23/h3-7,13H,8-9H2,1-2H3,(H,19,21)(H,22,23). The van der Waals surface area contributed by atoms with Crippen molar-refractivity contribution in [3.05, 3.63) is 41.2 Å². The van der Waals surface area contributed by atoms with Crippen molar-refractivity contribution in [1.82, 2.24) is 14.9 Å². The zero-order valence-corrected chi connectivity index (χ0v) is 15.3. The quantitative estimate of drug-likeness (QED) is 0.678. The van der Waals surface area contributed by atoms with Gasteiger partial charge < -0.3 is 15.2 Å². The average molecular weight is 384 g/mol. The number of carboxylic acids is 1. The minimum absolute atomic E-state index is 0.0902. The number of carboxylic acid groups (broad SMARTS) is 1. The van der Waals surface area contributed by atoms with Crippen LogP contribution in [0.15, 0.2) is 35.7 Å². The summed E-state index contributed by atoms with van der Waals surface area (Å²) in [4.78, 5) is 27.0. The number of rotatable bonds is 8. The molecule has 0 bridgehead atoms. The lowest BCUT2D eigenvalue weighted by atomic mass is 10.2. The number of imidazole rings is 1. The van der Waals surface area contributed by atoms with Crippen molar-refractivity contribution in [2.75, 3.05) is 19.4 Å². The number of hydrogen-bond donors (Lipinski definition) is 2. The van der Waals surface area contributed by atoms with Crippen LogP contribution in [-0.2, 0) is 14.3 Å². The van der Waals surface area contributed by atoms with Crippen LogP contribution in [0, 0.1) is 6.92 Å². The minimum Gasteiger partial charge on any atom is -0.479 e. The van der Waals surface area contributed by atoms with Crippen LogP contribution in [0.5, 0.6) is 0 Å². The Labute approximate surface area is 154 Å². The number of carbonyl (C=O) groups is 2. The number of amides is 1. The Balaban J connectivity index is 1.99. The molecule has 134 valence electrons. The van der Waals surface area contributed by atoms with Crippen molar-refractivity contribution in [2.45, 2.75) is 18.2 Å². The second-order valence-electron chi connectivity index (χ2n) is 5.12. The number of halogens is 1. The highest BCUT2D eigenvalue weighted by molar-refractivity contribution is 7.99. The lowest BCUT2D eigenvalue weighted by Gasteiger charge is -2.13. The van der Waals surface area contributed by atoms with Gasteiger partial charge in [-0.3, -0.25) is 9.36 Å². The Kier molecular flexibility index (Phi) is 6.86. The summed E-state index contributed by atoms with van der Waals surface area (Å²) >= 11 is 7.40. The molecule has 2 N–H and O–H groups in total. The molecule has 0 aliphatic rings. The molecule has 1 atom stereocenters. The number of aromatic nitrogens is 2. The zero-order chi connectivity index (χ0) is 18.4. The number of nitrogens with one attached hydrogen (secondary N) is 1. The first-order chi connectivity index (χ1) is 11.9. The van der Waals surface area contributed by atoms with Gasteiger partial charge in [0, 0.05) is 24.5 Å². The van der Waals surface area contributed by atoms with Crippen molar-refractivity contribution >= 4 is 35.2 Å². The van der Waals surface area contributed by atoms with E-state index in [1.807, 2.05) is 29.7 Å². The number of aliphatic carboxylic acids is 1. The Hall–Kier alpha value is -2.03. The van der Waals surface area contributed by atoms with Crippen LogP contribution < -0.4 is 5.32 Å². The van der Waals surface area contributed by atoms with E-state index in [4.69, 9.17) is 21.4 Å². The Morgan fingerprint density at radius 3 is 2.92 bits per heavy atom. The van der Waals surface area contributed by atoms with Gasteiger partial charge in [0.15, 0.2) is 11.3 Å². The third-order valence-corrected chi connectivity index (χ3v) is 4.86. The maximum atomic E-state index is 11.9. The molecule has 2 rings (SSSR count). The minimum atomic E-state index is -1.12. The van der Waals surface area contributed by atoms with E-state index >= 15 is 0 Å². The van der Waals surface area contributed by atoms with Gasteiger partial charge in [0.25, 0.3) is 0 Å². The van der Waals surface area contributed by atoms with E-state index in [1.54, 1.807) is 12.4 Å². The van der Waals surface area contributed by atoms with Crippen LogP contribution in [0.25, 0.3) is 5.69 Å². The third-order valence-electron chi connectivity index (χ3n) is 3.48. The number of carbonyl (C=O) groups excluding carboxylic acids is 1. The van der Waals surface area contributed by atoms with Crippen LogP contribution in [0.2, 0.25) is 5.02 Å². The van der Waals surface area contributed by atoms with E-state index in [-0.39, 0.29) is 18.2 Å². The SMILES string of the molecule is COC(CNC(=O)CSc1nccn1-c1cccc(Cl)c1C)C(=O)O. The normalized spacial score (nSPS) is 12.0. The maximum absolute atomic E-state index is 11.9. The molecule has 0 aliphatic carbocycles. The smallest absolute Gasteiger partial charge is 0.334 e. The highest BCUT2D eigenvalue weighted by atomic mass is 35.5. The summed E-state index contributed by atoms with van der Waals surface area (Å²) in [5.41, 5.74) is 1.80. The molecule has 7 nitrogen and oxygen atoms in total. The number of methoxy groups -OCH3 is 1. The highest BCUT2D eigenvalue weighted by Crippen LogP contribution is 2.26. The lowest BCUT2D eigenvalue weighted by Crippen LogP contribution is -2.38. The van der Waals surface area contributed by atoms with Crippen LogP contribution >= 0.6 is 23.4 Å². The molecule has 1 aromatic carbocycles. The summed E-state index contributed by atoms with van der Waals surface area (Å²) in [6.07, 6.45) is 2.38. The summed E-state index contributed by atoms with van der Waals surface area (Å²) in [6.45, 7) is 1.82. The lowest BCUT2D eigenvalue weighted by molar-refractivity contribution is -0.148. The molecule has 0 radical (unpaired) electrons. The molecule has 0 spiro atoms. The zero-order valence-electron chi connectivity index (χ0n) is 13.7. The van der Waals surface area contributed by atoms with E-state index in [0.29, 0.717) is 10.2 Å². The summed E-state index contributed by atoms with van der Waals surface area (Å²) in [5.74, 6) is -1.32. The summed E-state index contributed by atoms with van der Waals surface area (Å²) in [5, 5.41) is 12.7. The molecule has 1 aromatic heterocycles. The summed E-state index contributed by atoms with van der Waals surface area (Å²) in [7, 11) is 1.28. The molecular weight excluding hydrogens is 366 g/mol. The van der Waals surface area contributed by atoms with Crippen molar-refractivity contribution in [2.24, 2.45) is 0 Å². The second kappa shape index (κ2) is 8.89. The summed E-state index contributed by atoms with van der Waals surface area (Å²) in [6, 6.07) is 5.58. The van der Waals surface area contributed by atoms with Crippen LogP contribution in [-0.4, -0.2) is 52.0 Å². The van der Waals surface area contributed by atoms with Gasteiger partial charge in [0.05, 0.1) is 18.0 Å². The topological polar surface area (TPSA) is 93.5 Å². The van der Waals surface area contributed by atoms with Crippen molar-refractivity contribution in [3.63, 3.8) is 0 Å². The predicted octanol–water partition coefficient (Wildman–Crippen LogP) is 2.14. The van der Waals surface area contributed by atoms with Crippen LogP contribution in [0.1, 0.15) is 5.56 Å². The predicted molar refractivity (Wildman–Crippen MR) is 95.5 cm³/mol. The fraction of sp³-hybridized carbons (Fsp3) is 0.312. The van der Waals surface area contributed by atoms with E-state index < -0.39 is 12.1 Å². The average Bonchev–Trinajstić information content (AvgIpc) is 3.04. The number of benzene rings is 1. The van der Waals surface area contributed by atoms with Gasteiger partial charge in [-0.25, -0.2) is 9.78 Å². The molecule has 0 aliphatic heterocycles. The molecule has 1 amide bonds. The Morgan fingerprint density at radius 2 is 2.24 bits per heavy atom.